The number of aromatic nitrogens is 1. The smallest absolute Gasteiger partial charge is 0.346 e. The fourth-order valence-electron chi connectivity index (χ4n) is 2.78. The number of phenolic OH excluding ortho intramolecular Hbond substituents is 1. The summed E-state index contributed by atoms with van der Waals surface area (Å²) < 4.78 is 10.2. The number of H-pyrrole nitrogens is 1. The van der Waals surface area contributed by atoms with Gasteiger partial charge in [-0.2, -0.15) is 0 Å². The molecule has 7 nitrogen and oxygen atoms in total. The maximum atomic E-state index is 12.5. The maximum absolute atomic E-state index is 12.5. The first-order valence-corrected chi connectivity index (χ1v) is 8.92. The van der Waals surface area contributed by atoms with Gasteiger partial charge < -0.3 is 19.9 Å². The zero-order valence-corrected chi connectivity index (χ0v) is 15.6. The van der Waals surface area contributed by atoms with Crippen LogP contribution in [0.3, 0.4) is 0 Å². The second-order valence-corrected chi connectivity index (χ2v) is 5.95. The molecule has 1 heterocycles. The first kappa shape index (κ1) is 19.2. The second-order valence-electron chi connectivity index (χ2n) is 5.95. The number of rotatable bonds is 6. The molecule has 0 bridgehead atoms. The molecule has 0 saturated heterocycles. The first-order chi connectivity index (χ1) is 13.5. The fourth-order valence-corrected chi connectivity index (χ4v) is 2.78. The average Bonchev–Trinajstić information content (AvgIpc) is 2.70. The largest absolute Gasteiger partial charge is 0.508 e. The van der Waals surface area contributed by atoms with Gasteiger partial charge in [0.1, 0.15) is 11.3 Å². The monoisotopic (exact) mass is 381 g/mol. The molecule has 7 heteroatoms. The van der Waals surface area contributed by atoms with Crippen LogP contribution in [-0.2, 0) is 9.47 Å². The van der Waals surface area contributed by atoms with Gasteiger partial charge in [0.05, 0.1) is 29.9 Å². The van der Waals surface area contributed by atoms with Crippen molar-refractivity contribution in [3.63, 3.8) is 0 Å². The number of anilines is 2. The SMILES string of the molecule is CCOC(=O)c1ccc2[nH+]cc(C(=O)OCC)c(Nc3ccc(O)cc3)c2c1. The Hall–Kier alpha value is -3.61. The third kappa shape index (κ3) is 4.03. The van der Waals surface area contributed by atoms with Crippen molar-refractivity contribution in [2.75, 3.05) is 18.5 Å². The number of hydrogen-bond donors (Lipinski definition) is 2. The Morgan fingerprint density at radius 3 is 2.36 bits per heavy atom. The van der Waals surface area contributed by atoms with E-state index < -0.39 is 11.9 Å². The molecule has 1 aromatic heterocycles. The summed E-state index contributed by atoms with van der Waals surface area (Å²) in [6.45, 7) is 3.97. The number of pyridine rings is 1. The Labute approximate surface area is 161 Å². The molecule has 3 aromatic rings. The van der Waals surface area contributed by atoms with Crippen molar-refractivity contribution in [1.29, 1.82) is 0 Å². The van der Waals surface area contributed by atoms with Gasteiger partial charge in [-0.1, -0.05) is 0 Å². The first-order valence-electron chi connectivity index (χ1n) is 8.92. The van der Waals surface area contributed by atoms with Crippen molar-refractivity contribution in [3.05, 3.63) is 59.8 Å². The molecule has 0 spiro atoms. The number of carbonyl (C=O) groups is 2. The third-order valence-electron chi connectivity index (χ3n) is 4.07. The zero-order valence-electron chi connectivity index (χ0n) is 15.6. The molecule has 0 aliphatic rings. The highest BCUT2D eigenvalue weighted by Gasteiger charge is 2.22. The number of aromatic hydroxyl groups is 1. The number of nitrogens with one attached hydrogen (secondary N) is 2. The van der Waals surface area contributed by atoms with E-state index in [0.717, 1.165) is 5.52 Å². The van der Waals surface area contributed by atoms with Crippen LogP contribution in [0.2, 0.25) is 0 Å². The molecular formula is C21H21N2O5+. The van der Waals surface area contributed by atoms with Gasteiger partial charge in [0.2, 0.25) is 5.52 Å². The highest BCUT2D eigenvalue weighted by molar-refractivity contribution is 6.06. The van der Waals surface area contributed by atoms with E-state index in [-0.39, 0.29) is 19.0 Å². The summed E-state index contributed by atoms with van der Waals surface area (Å²) in [4.78, 5) is 27.7. The Balaban J connectivity index is 2.16. The second kappa shape index (κ2) is 8.39. The molecule has 2 aromatic carbocycles. The van der Waals surface area contributed by atoms with Crippen LogP contribution in [0.15, 0.2) is 48.7 Å². The number of benzene rings is 2. The van der Waals surface area contributed by atoms with Crippen molar-refractivity contribution < 1.29 is 29.2 Å². The molecule has 0 aliphatic carbocycles. The average molecular weight is 381 g/mol. The van der Waals surface area contributed by atoms with Gasteiger partial charge >= 0.3 is 11.9 Å². The summed E-state index contributed by atoms with van der Waals surface area (Å²) in [6.07, 6.45) is 1.56. The Morgan fingerprint density at radius 1 is 1.00 bits per heavy atom. The van der Waals surface area contributed by atoms with Crippen LogP contribution in [-0.4, -0.2) is 30.3 Å². The van der Waals surface area contributed by atoms with E-state index in [0.29, 0.717) is 27.9 Å². The highest BCUT2D eigenvalue weighted by atomic mass is 16.5. The lowest BCUT2D eigenvalue weighted by molar-refractivity contribution is -0.344. The lowest BCUT2D eigenvalue weighted by Crippen LogP contribution is -2.15. The summed E-state index contributed by atoms with van der Waals surface area (Å²) in [5, 5.41) is 13.3. The van der Waals surface area contributed by atoms with Crippen LogP contribution in [0.4, 0.5) is 11.4 Å². The number of phenols is 1. The van der Waals surface area contributed by atoms with Gasteiger partial charge in [0.15, 0.2) is 6.20 Å². The van der Waals surface area contributed by atoms with Crippen LogP contribution < -0.4 is 10.3 Å². The third-order valence-corrected chi connectivity index (χ3v) is 4.07. The summed E-state index contributed by atoms with van der Waals surface area (Å²) in [7, 11) is 0. The van der Waals surface area contributed by atoms with Crippen molar-refractivity contribution in [1.82, 2.24) is 0 Å². The van der Waals surface area contributed by atoms with Crippen LogP contribution >= 0.6 is 0 Å². The number of hydrogen-bond acceptors (Lipinski definition) is 6. The minimum absolute atomic E-state index is 0.131. The predicted octanol–water partition coefficient (Wildman–Crippen LogP) is 3.46. The van der Waals surface area contributed by atoms with Gasteiger partial charge in [-0.3, -0.25) is 0 Å². The minimum atomic E-state index is -0.497. The summed E-state index contributed by atoms with van der Waals surface area (Å²) >= 11 is 0. The summed E-state index contributed by atoms with van der Waals surface area (Å²) in [5.41, 5.74) is 2.55. The Morgan fingerprint density at radius 2 is 1.68 bits per heavy atom. The molecule has 0 saturated carbocycles. The normalized spacial score (nSPS) is 10.5. The van der Waals surface area contributed by atoms with Gasteiger partial charge in [-0.25, -0.2) is 14.6 Å². The van der Waals surface area contributed by atoms with E-state index in [1.807, 2.05) is 0 Å². The van der Waals surface area contributed by atoms with E-state index in [9.17, 15) is 14.7 Å². The number of aromatic amines is 1. The Kier molecular flexibility index (Phi) is 5.74. The Bertz CT molecular complexity index is 1010. The topological polar surface area (TPSA) is 99.0 Å². The summed E-state index contributed by atoms with van der Waals surface area (Å²) in [6, 6.07) is 11.5. The molecule has 0 unspecified atom stereocenters. The molecular weight excluding hydrogens is 360 g/mol. The van der Waals surface area contributed by atoms with Crippen molar-refractivity contribution >= 4 is 34.2 Å². The zero-order chi connectivity index (χ0) is 20.1. The standard InChI is InChI=1S/C21H20N2O5/c1-3-27-20(25)13-5-10-18-16(11-13)19(17(12-22-18)21(26)28-4-2)23-14-6-8-15(24)9-7-14/h5-12,24H,3-4H2,1-2H3,(H,22,23)/p+1. The van der Waals surface area contributed by atoms with Crippen LogP contribution in [0.1, 0.15) is 34.6 Å². The molecule has 3 N–H and O–H groups in total. The van der Waals surface area contributed by atoms with Crippen molar-refractivity contribution in [2.24, 2.45) is 0 Å². The van der Waals surface area contributed by atoms with Crippen LogP contribution in [0, 0.1) is 0 Å². The lowest BCUT2D eigenvalue weighted by atomic mass is 10.1. The summed E-state index contributed by atoms with van der Waals surface area (Å²) in [5.74, 6) is -0.808. The predicted molar refractivity (Wildman–Crippen MR) is 104 cm³/mol. The molecule has 0 atom stereocenters. The quantitative estimate of drug-likeness (QED) is 0.501. The number of carbonyl (C=O) groups excluding carboxylic acids is 2. The number of ether oxygens (including phenoxy) is 2. The molecule has 144 valence electrons. The van der Waals surface area contributed by atoms with Gasteiger partial charge in [0.25, 0.3) is 0 Å². The van der Waals surface area contributed by atoms with Crippen molar-refractivity contribution in [3.8, 4) is 5.75 Å². The van der Waals surface area contributed by atoms with Crippen molar-refractivity contribution in [2.45, 2.75) is 13.8 Å². The van der Waals surface area contributed by atoms with Crippen LogP contribution in [0.5, 0.6) is 5.75 Å². The van der Waals surface area contributed by atoms with Crippen LogP contribution in [0.25, 0.3) is 10.9 Å². The lowest BCUT2D eigenvalue weighted by Gasteiger charge is -2.12. The van der Waals surface area contributed by atoms with E-state index in [4.69, 9.17) is 9.47 Å². The van der Waals surface area contributed by atoms with Gasteiger partial charge in [0, 0.05) is 11.8 Å². The molecule has 28 heavy (non-hydrogen) atoms. The van der Waals surface area contributed by atoms with E-state index in [2.05, 4.69) is 10.3 Å². The number of esters is 2. The molecule has 0 amide bonds. The molecule has 3 rings (SSSR count). The minimum Gasteiger partial charge on any atom is -0.508 e. The van der Waals surface area contributed by atoms with Gasteiger partial charge in [-0.15, -0.1) is 0 Å². The molecule has 0 fully saturated rings. The van der Waals surface area contributed by atoms with E-state index >= 15 is 0 Å². The van der Waals surface area contributed by atoms with E-state index in [1.165, 1.54) is 12.1 Å². The molecule has 0 radical (unpaired) electrons. The van der Waals surface area contributed by atoms with E-state index in [1.54, 1.807) is 50.4 Å². The number of fused-ring (bicyclic) bond motifs is 1. The highest BCUT2D eigenvalue weighted by Crippen LogP contribution is 2.30. The maximum Gasteiger partial charge on any atom is 0.346 e. The fraction of sp³-hybridized carbons (Fsp3) is 0.190. The van der Waals surface area contributed by atoms with Gasteiger partial charge in [-0.05, 0) is 50.2 Å². The molecule has 0 aliphatic heterocycles.